The summed E-state index contributed by atoms with van der Waals surface area (Å²) in [6.07, 6.45) is -0.555. The summed E-state index contributed by atoms with van der Waals surface area (Å²) in [7, 11) is -2.65. The van der Waals surface area contributed by atoms with Crippen LogP contribution in [0.3, 0.4) is 0 Å². The van der Waals surface area contributed by atoms with E-state index in [1.807, 2.05) is 36.4 Å². The van der Waals surface area contributed by atoms with Gasteiger partial charge in [-0.2, -0.15) is 0 Å². The molecule has 11 nitrogen and oxygen atoms in total. The third-order valence-corrected chi connectivity index (χ3v) is 14.5. The SMILES string of the molecule is COCCOC1C(O[Si](c2ccccc2)(c2ccccc2)C(C)(C)C)[C@@H](/C=C/P(=O)(OC)OC)O[C@H]1n1cc(C)c(=O)[nH]c1=O. The normalized spacial score (nSPS) is 21.0. The van der Waals surface area contributed by atoms with Gasteiger partial charge in [0.05, 0.1) is 13.2 Å². The molecule has 0 aliphatic carbocycles. The number of aryl methyl sites for hydroxylation is 1. The van der Waals surface area contributed by atoms with Crippen molar-refractivity contribution in [3.8, 4) is 0 Å². The predicted octanol–water partition coefficient (Wildman–Crippen LogP) is 3.72. The third kappa shape index (κ3) is 7.39. The maximum Gasteiger partial charge on any atom is 0.353 e. The number of ether oxygens (including phenoxy) is 3. The van der Waals surface area contributed by atoms with E-state index in [0.29, 0.717) is 5.56 Å². The van der Waals surface area contributed by atoms with E-state index >= 15 is 0 Å². The molecule has 45 heavy (non-hydrogen) atoms. The van der Waals surface area contributed by atoms with Crippen LogP contribution >= 0.6 is 7.60 Å². The Balaban J connectivity index is 1.97. The van der Waals surface area contributed by atoms with Gasteiger partial charge in [-0.3, -0.25) is 18.9 Å². The van der Waals surface area contributed by atoms with Crippen LogP contribution < -0.4 is 21.6 Å². The molecular weight excluding hydrogens is 615 g/mol. The Labute approximate surface area is 264 Å². The van der Waals surface area contributed by atoms with Crippen molar-refractivity contribution in [1.82, 2.24) is 9.55 Å². The van der Waals surface area contributed by atoms with E-state index in [-0.39, 0.29) is 13.2 Å². The number of hydrogen-bond acceptors (Lipinski definition) is 9. The Morgan fingerprint density at radius 3 is 2.02 bits per heavy atom. The number of methoxy groups -OCH3 is 1. The lowest BCUT2D eigenvalue weighted by atomic mass is 10.1. The average molecular weight is 659 g/mol. The van der Waals surface area contributed by atoms with Crippen molar-refractivity contribution in [2.24, 2.45) is 0 Å². The molecular formula is C32H43N2O9PSi. The fourth-order valence-corrected chi connectivity index (χ4v) is 11.1. The zero-order valence-electron chi connectivity index (χ0n) is 26.8. The third-order valence-electron chi connectivity index (χ3n) is 7.94. The van der Waals surface area contributed by atoms with Crippen LogP contribution in [0.25, 0.3) is 0 Å². The van der Waals surface area contributed by atoms with Gasteiger partial charge in [-0.05, 0) is 28.4 Å². The van der Waals surface area contributed by atoms with E-state index in [1.54, 1.807) is 20.1 Å². The monoisotopic (exact) mass is 658 g/mol. The Morgan fingerprint density at radius 2 is 1.51 bits per heavy atom. The molecule has 2 heterocycles. The fraction of sp³-hybridized carbons (Fsp3) is 0.438. The van der Waals surface area contributed by atoms with Crippen molar-refractivity contribution in [1.29, 1.82) is 0 Å². The summed E-state index contributed by atoms with van der Waals surface area (Å²) in [5.41, 5.74) is -0.839. The first-order chi connectivity index (χ1) is 21.4. The van der Waals surface area contributed by atoms with E-state index in [0.717, 1.165) is 10.4 Å². The van der Waals surface area contributed by atoms with Crippen molar-refractivity contribution in [3.05, 3.63) is 105 Å². The number of nitrogens with one attached hydrogen (secondary N) is 1. The Hall–Kier alpha value is -2.93. The van der Waals surface area contributed by atoms with Crippen molar-refractivity contribution in [2.45, 2.75) is 57.3 Å². The van der Waals surface area contributed by atoms with Crippen LogP contribution in [0.4, 0.5) is 0 Å². The molecule has 0 radical (unpaired) electrons. The van der Waals surface area contributed by atoms with Crippen molar-refractivity contribution < 1.29 is 32.2 Å². The Bertz CT molecular complexity index is 1560. The molecule has 2 unspecified atom stereocenters. The van der Waals surface area contributed by atoms with Gasteiger partial charge in [0, 0.05) is 38.9 Å². The standard InChI is InChI=1S/C32H43N2O9PSi/c1-23-22-34(31(36)33-29(23)35)30-28(41-20-19-38-5)27(26(42-30)18-21-44(37,39-6)40-7)43-45(32(2,3)4,24-14-10-8-11-15-24)25-16-12-9-13-17-25/h8-18,21-22,26-28,30H,19-20H2,1-7H3,(H,33,35,36)/b21-18+/t26-,27?,28?,30-/m1/s1. The second kappa shape index (κ2) is 14.7. The highest BCUT2D eigenvalue weighted by Gasteiger charge is 2.56. The summed E-state index contributed by atoms with van der Waals surface area (Å²) in [5, 5.41) is 1.66. The van der Waals surface area contributed by atoms with E-state index < -0.39 is 56.7 Å². The molecule has 0 saturated carbocycles. The minimum absolute atomic E-state index is 0.170. The van der Waals surface area contributed by atoms with Gasteiger partial charge in [0.1, 0.15) is 18.3 Å². The summed E-state index contributed by atoms with van der Waals surface area (Å²) in [5.74, 6) is 1.33. The largest absolute Gasteiger partial charge is 0.399 e. The summed E-state index contributed by atoms with van der Waals surface area (Å²) < 4.78 is 50.5. The van der Waals surface area contributed by atoms with Crippen molar-refractivity contribution in [3.63, 3.8) is 0 Å². The molecule has 0 amide bonds. The first-order valence-corrected chi connectivity index (χ1v) is 18.2. The highest BCUT2D eigenvalue weighted by Crippen LogP contribution is 2.49. The van der Waals surface area contributed by atoms with Gasteiger partial charge in [-0.15, -0.1) is 0 Å². The molecule has 13 heteroatoms. The predicted molar refractivity (Wildman–Crippen MR) is 175 cm³/mol. The van der Waals surface area contributed by atoms with Crippen LogP contribution in [-0.2, 0) is 32.2 Å². The number of aromatic nitrogens is 2. The first-order valence-electron chi connectivity index (χ1n) is 14.7. The molecule has 0 spiro atoms. The van der Waals surface area contributed by atoms with Crippen LogP contribution in [0.1, 0.15) is 32.6 Å². The number of nitrogens with zero attached hydrogens (tertiary/aromatic N) is 1. The second-order valence-corrected chi connectivity index (χ2v) is 18.2. The van der Waals surface area contributed by atoms with Gasteiger partial charge in [-0.25, -0.2) is 4.79 Å². The molecule has 1 saturated heterocycles. The van der Waals surface area contributed by atoms with Gasteiger partial charge in [-0.1, -0.05) is 81.4 Å². The smallest absolute Gasteiger partial charge is 0.353 e. The molecule has 0 bridgehead atoms. The topological polar surface area (TPSA) is 127 Å². The summed E-state index contributed by atoms with van der Waals surface area (Å²) in [4.78, 5) is 27.8. The van der Waals surface area contributed by atoms with E-state index in [9.17, 15) is 14.2 Å². The molecule has 244 valence electrons. The molecule has 1 fully saturated rings. The second-order valence-electron chi connectivity index (χ2n) is 11.8. The molecule has 1 aromatic heterocycles. The quantitative estimate of drug-likeness (QED) is 0.166. The number of rotatable bonds is 13. The highest BCUT2D eigenvalue weighted by molar-refractivity contribution is 7.57. The Morgan fingerprint density at radius 1 is 0.933 bits per heavy atom. The Kier molecular flexibility index (Phi) is 11.4. The number of aromatic amines is 1. The maximum atomic E-state index is 13.2. The number of benzene rings is 2. The van der Waals surface area contributed by atoms with E-state index in [2.05, 4.69) is 50.0 Å². The summed E-state index contributed by atoms with van der Waals surface area (Å²) in [6.45, 7) is 8.50. The molecule has 1 aliphatic rings. The van der Waals surface area contributed by atoms with E-state index in [4.69, 9.17) is 27.7 Å². The van der Waals surface area contributed by atoms with Crippen molar-refractivity contribution >= 4 is 26.3 Å². The lowest BCUT2D eigenvalue weighted by Gasteiger charge is -2.45. The zero-order chi connectivity index (χ0) is 32.8. The van der Waals surface area contributed by atoms with Crippen LogP contribution in [0.15, 0.2) is 88.3 Å². The molecule has 3 aromatic rings. The van der Waals surface area contributed by atoms with Crippen LogP contribution in [0.2, 0.25) is 5.04 Å². The van der Waals surface area contributed by atoms with Crippen LogP contribution in [-0.4, -0.2) is 70.7 Å². The lowest BCUT2D eigenvalue weighted by molar-refractivity contribution is -0.0766. The van der Waals surface area contributed by atoms with Crippen LogP contribution in [0, 0.1) is 6.92 Å². The van der Waals surface area contributed by atoms with Gasteiger partial charge in [0.15, 0.2) is 6.23 Å². The maximum absolute atomic E-state index is 13.2. The summed E-state index contributed by atoms with van der Waals surface area (Å²) >= 11 is 0. The first kappa shape index (κ1) is 34.9. The van der Waals surface area contributed by atoms with Gasteiger partial charge in [0.25, 0.3) is 13.9 Å². The van der Waals surface area contributed by atoms with Gasteiger partial charge < -0.3 is 27.7 Å². The number of hydrogen-bond donors (Lipinski definition) is 1. The minimum atomic E-state index is -3.60. The number of H-pyrrole nitrogens is 1. The van der Waals surface area contributed by atoms with Gasteiger partial charge >= 0.3 is 13.3 Å². The zero-order valence-corrected chi connectivity index (χ0v) is 28.7. The summed E-state index contributed by atoms with van der Waals surface area (Å²) in [6, 6.07) is 20.2. The molecule has 4 atom stereocenters. The molecule has 1 N–H and O–H groups in total. The molecule has 1 aliphatic heterocycles. The lowest BCUT2D eigenvalue weighted by Crippen LogP contribution is -2.69. The molecule has 2 aromatic carbocycles. The highest BCUT2D eigenvalue weighted by atomic mass is 31.2. The fourth-order valence-electron chi connectivity index (χ4n) is 5.68. The average Bonchev–Trinajstić information content (AvgIpc) is 3.37. The minimum Gasteiger partial charge on any atom is -0.399 e. The van der Waals surface area contributed by atoms with E-state index in [1.165, 1.54) is 30.8 Å². The van der Waals surface area contributed by atoms with Crippen molar-refractivity contribution in [2.75, 3.05) is 34.5 Å². The van der Waals surface area contributed by atoms with Gasteiger partial charge in [0.2, 0.25) is 0 Å². The molecule has 4 rings (SSSR count). The van der Waals surface area contributed by atoms with Crippen LogP contribution in [0.5, 0.6) is 0 Å².